The zero-order valence-corrected chi connectivity index (χ0v) is 13.4. The number of hydrogen-bond acceptors (Lipinski definition) is 3. The van der Waals surface area contributed by atoms with Crippen LogP contribution in [0.25, 0.3) is 0 Å². The van der Waals surface area contributed by atoms with Crippen LogP contribution in [0.5, 0.6) is 11.5 Å². The van der Waals surface area contributed by atoms with Crippen molar-refractivity contribution in [3.8, 4) is 11.5 Å². The first kappa shape index (κ1) is 15.0. The van der Waals surface area contributed by atoms with Gasteiger partial charge in [-0.25, -0.2) is 0 Å². The number of halogens is 1. The van der Waals surface area contributed by atoms with E-state index in [2.05, 4.69) is 40.1 Å². The first-order valence-electron chi connectivity index (χ1n) is 6.78. The van der Waals surface area contributed by atoms with Crippen LogP contribution in [0.4, 0.5) is 0 Å². The summed E-state index contributed by atoms with van der Waals surface area (Å²) in [5, 5.41) is 3.38. The second kappa shape index (κ2) is 7.41. The predicted octanol–water partition coefficient (Wildman–Crippen LogP) is 4.44. The van der Waals surface area contributed by atoms with Gasteiger partial charge in [0.05, 0.1) is 10.7 Å². The van der Waals surface area contributed by atoms with Gasteiger partial charge in [0.25, 0.3) is 0 Å². The van der Waals surface area contributed by atoms with Gasteiger partial charge >= 0.3 is 0 Å². The number of hydrogen-bond donors (Lipinski definition) is 1. The molecule has 0 aliphatic rings. The summed E-state index contributed by atoms with van der Waals surface area (Å²) in [7, 11) is 0. The fourth-order valence-corrected chi connectivity index (χ4v) is 2.43. The molecule has 0 amide bonds. The highest BCUT2D eigenvalue weighted by Gasteiger charge is 2.07. The zero-order chi connectivity index (χ0) is 14.4. The predicted molar refractivity (Wildman–Crippen MR) is 85.2 cm³/mol. The van der Waals surface area contributed by atoms with Crippen molar-refractivity contribution in [3.05, 3.63) is 52.3 Å². The third kappa shape index (κ3) is 4.05. The van der Waals surface area contributed by atoms with Gasteiger partial charge < -0.3 is 10.1 Å². The minimum atomic E-state index is 0.787. The van der Waals surface area contributed by atoms with Gasteiger partial charge in [0.1, 0.15) is 11.5 Å². The summed E-state index contributed by atoms with van der Waals surface area (Å²) in [6.07, 6.45) is 4.67. The van der Waals surface area contributed by atoms with Crippen molar-refractivity contribution >= 4 is 15.9 Å². The van der Waals surface area contributed by atoms with Crippen molar-refractivity contribution in [2.24, 2.45) is 0 Å². The lowest BCUT2D eigenvalue weighted by Gasteiger charge is -2.12. The Kier molecular flexibility index (Phi) is 5.56. The Hall–Kier alpha value is -1.39. The summed E-state index contributed by atoms with van der Waals surface area (Å²) in [4.78, 5) is 4.15. The van der Waals surface area contributed by atoms with Crippen LogP contribution >= 0.6 is 15.9 Å². The largest absolute Gasteiger partial charge is 0.454 e. The number of benzene rings is 1. The molecule has 0 atom stereocenters. The number of nitrogens with zero attached hydrogens (tertiary/aromatic N) is 1. The Morgan fingerprint density at radius 3 is 2.85 bits per heavy atom. The van der Waals surface area contributed by atoms with Gasteiger partial charge in [-0.3, -0.25) is 4.98 Å². The van der Waals surface area contributed by atoms with Gasteiger partial charge in [0.15, 0.2) is 0 Å². The van der Waals surface area contributed by atoms with Gasteiger partial charge in [-0.05, 0) is 59.6 Å². The van der Waals surface area contributed by atoms with Crippen LogP contribution in [-0.4, -0.2) is 11.5 Å². The van der Waals surface area contributed by atoms with Gasteiger partial charge in [-0.1, -0.05) is 13.0 Å². The Balaban J connectivity index is 2.16. The lowest BCUT2D eigenvalue weighted by Crippen LogP contribution is -2.14. The van der Waals surface area contributed by atoms with E-state index < -0.39 is 0 Å². The molecule has 0 aliphatic heterocycles. The number of nitrogens with one attached hydrogen (secondary N) is 1. The van der Waals surface area contributed by atoms with Crippen molar-refractivity contribution in [2.45, 2.75) is 26.8 Å². The fraction of sp³-hybridized carbons (Fsp3) is 0.312. The molecule has 3 nitrogen and oxygen atoms in total. The highest BCUT2D eigenvalue weighted by Crippen LogP contribution is 2.31. The van der Waals surface area contributed by atoms with E-state index in [1.165, 1.54) is 5.56 Å². The zero-order valence-electron chi connectivity index (χ0n) is 11.8. The van der Waals surface area contributed by atoms with Crippen molar-refractivity contribution in [3.63, 3.8) is 0 Å². The van der Waals surface area contributed by atoms with Gasteiger partial charge in [-0.2, -0.15) is 0 Å². The smallest absolute Gasteiger partial charge is 0.150 e. The highest BCUT2D eigenvalue weighted by atomic mass is 79.9. The van der Waals surface area contributed by atoms with Crippen LogP contribution in [0.15, 0.2) is 41.1 Å². The molecule has 0 bridgehead atoms. The maximum Gasteiger partial charge on any atom is 0.150 e. The monoisotopic (exact) mass is 334 g/mol. The van der Waals surface area contributed by atoms with Crippen LogP contribution in [-0.2, 0) is 6.54 Å². The number of pyridine rings is 1. The summed E-state index contributed by atoms with van der Waals surface area (Å²) < 4.78 is 6.93. The van der Waals surface area contributed by atoms with E-state index >= 15 is 0 Å². The molecule has 1 aromatic heterocycles. The quantitative estimate of drug-likeness (QED) is 0.792. The normalized spacial score (nSPS) is 10.6. The maximum atomic E-state index is 5.98. The molecular weight excluding hydrogens is 316 g/mol. The Labute approximate surface area is 128 Å². The minimum Gasteiger partial charge on any atom is -0.454 e. The minimum absolute atomic E-state index is 0.787. The molecule has 106 valence electrons. The number of rotatable bonds is 6. The first-order chi connectivity index (χ1) is 9.70. The summed E-state index contributed by atoms with van der Waals surface area (Å²) in [6, 6.07) is 8.03. The van der Waals surface area contributed by atoms with Gasteiger partial charge in [-0.15, -0.1) is 0 Å². The molecular formula is C16H19BrN2O. The molecule has 4 heteroatoms. The number of ether oxygens (including phenoxy) is 1. The lowest BCUT2D eigenvalue weighted by atomic mass is 10.2. The SMILES string of the molecule is CCCNCc1ccncc1Oc1ccc(C)cc1Br. The van der Waals surface area contributed by atoms with Crippen LogP contribution in [0.3, 0.4) is 0 Å². The standard InChI is InChI=1S/C16H19BrN2O/c1-3-7-18-10-13-6-8-19-11-16(13)20-15-5-4-12(2)9-14(15)17/h4-6,8-9,11,18H,3,7,10H2,1-2H3. The first-order valence-corrected chi connectivity index (χ1v) is 7.57. The van der Waals surface area contributed by atoms with Crippen molar-refractivity contribution < 1.29 is 4.74 Å². The van der Waals surface area contributed by atoms with E-state index in [0.29, 0.717) is 0 Å². The Bertz CT molecular complexity index is 572. The molecule has 20 heavy (non-hydrogen) atoms. The molecule has 0 radical (unpaired) electrons. The van der Waals surface area contributed by atoms with E-state index in [1.54, 1.807) is 12.4 Å². The molecule has 0 aliphatic carbocycles. The molecule has 1 N–H and O–H groups in total. The average Bonchev–Trinajstić information content (AvgIpc) is 2.44. The van der Waals surface area contributed by atoms with Gasteiger partial charge in [0, 0.05) is 18.3 Å². The molecule has 1 heterocycles. The molecule has 2 rings (SSSR count). The lowest BCUT2D eigenvalue weighted by molar-refractivity contribution is 0.467. The molecule has 0 saturated heterocycles. The van der Waals surface area contributed by atoms with Crippen molar-refractivity contribution in [1.82, 2.24) is 10.3 Å². The summed E-state index contributed by atoms with van der Waals surface area (Å²) in [5.41, 5.74) is 2.31. The fourth-order valence-electron chi connectivity index (χ4n) is 1.85. The van der Waals surface area contributed by atoms with Crippen LogP contribution in [0.2, 0.25) is 0 Å². The Morgan fingerprint density at radius 2 is 2.10 bits per heavy atom. The van der Waals surface area contributed by atoms with E-state index in [-0.39, 0.29) is 0 Å². The van der Waals surface area contributed by atoms with E-state index in [1.807, 2.05) is 24.3 Å². The van der Waals surface area contributed by atoms with E-state index in [0.717, 1.165) is 41.0 Å². The summed E-state index contributed by atoms with van der Waals surface area (Å²) in [5.74, 6) is 1.60. The summed E-state index contributed by atoms with van der Waals surface area (Å²) >= 11 is 3.53. The topological polar surface area (TPSA) is 34.2 Å². The molecule has 0 spiro atoms. The average molecular weight is 335 g/mol. The van der Waals surface area contributed by atoms with Crippen LogP contribution in [0.1, 0.15) is 24.5 Å². The molecule has 0 saturated carbocycles. The number of aromatic nitrogens is 1. The second-order valence-corrected chi connectivity index (χ2v) is 5.55. The van der Waals surface area contributed by atoms with Gasteiger partial charge in [0.2, 0.25) is 0 Å². The third-order valence-corrected chi connectivity index (χ3v) is 3.54. The third-order valence-electron chi connectivity index (χ3n) is 2.92. The summed E-state index contributed by atoms with van der Waals surface area (Å²) in [6.45, 7) is 5.99. The van der Waals surface area contributed by atoms with E-state index in [4.69, 9.17) is 4.74 Å². The maximum absolute atomic E-state index is 5.98. The molecule has 0 unspecified atom stereocenters. The second-order valence-electron chi connectivity index (χ2n) is 4.70. The molecule has 2 aromatic rings. The van der Waals surface area contributed by atoms with Crippen LogP contribution in [0, 0.1) is 6.92 Å². The number of aryl methyl sites for hydroxylation is 1. The van der Waals surface area contributed by atoms with Crippen LogP contribution < -0.4 is 10.1 Å². The highest BCUT2D eigenvalue weighted by molar-refractivity contribution is 9.10. The molecule has 1 aromatic carbocycles. The Morgan fingerprint density at radius 1 is 1.25 bits per heavy atom. The van der Waals surface area contributed by atoms with Crippen molar-refractivity contribution in [1.29, 1.82) is 0 Å². The molecule has 0 fully saturated rings. The van der Waals surface area contributed by atoms with E-state index in [9.17, 15) is 0 Å². The van der Waals surface area contributed by atoms with Crippen molar-refractivity contribution in [2.75, 3.05) is 6.54 Å².